The number of carbonyl (C=O) groups excluding carboxylic acids is 1. The van der Waals surface area contributed by atoms with Crippen molar-refractivity contribution >= 4 is 28.6 Å². The molecule has 0 radical (unpaired) electrons. The summed E-state index contributed by atoms with van der Waals surface area (Å²) in [6.45, 7) is 2.06. The fraction of sp³-hybridized carbons (Fsp3) is 0.227. The van der Waals surface area contributed by atoms with Crippen molar-refractivity contribution in [1.29, 1.82) is 0 Å². The van der Waals surface area contributed by atoms with Crippen molar-refractivity contribution in [3.05, 3.63) is 76.2 Å². The molecule has 0 bridgehead atoms. The van der Waals surface area contributed by atoms with E-state index in [0.29, 0.717) is 0 Å². The number of hydrogen-bond acceptors (Lipinski definition) is 4. The zero-order valence-corrected chi connectivity index (χ0v) is 16.2. The highest BCUT2D eigenvalue weighted by Crippen LogP contribution is 2.28. The molecule has 3 aromatic rings. The van der Waals surface area contributed by atoms with Crippen LogP contribution in [0.25, 0.3) is 0 Å². The molecule has 1 aliphatic rings. The summed E-state index contributed by atoms with van der Waals surface area (Å²) in [5.41, 5.74) is 3.30. The van der Waals surface area contributed by atoms with Gasteiger partial charge in [0.1, 0.15) is 0 Å². The summed E-state index contributed by atoms with van der Waals surface area (Å²) in [5.74, 6) is -0.425. The first-order valence-electron chi connectivity index (χ1n) is 9.26. The summed E-state index contributed by atoms with van der Waals surface area (Å²) in [5, 5.41) is 5.01. The topological polar surface area (TPSA) is 41.6 Å². The van der Waals surface area contributed by atoms with Gasteiger partial charge in [0.15, 0.2) is 11.6 Å². The smallest absolute Gasteiger partial charge is 0.227 e. The minimum atomic E-state index is -0.425. The van der Waals surface area contributed by atoms with Gasteiger partial charge in [-0.3, -0.25) is 4.79 Å². The minimum absolute atomic E-state index is 0.127. The van der Waals surface area contributed by atoms with E-state index in [9.17, 15) is 9.18 Å². The number of para-hydroxylation sites is 1. The molecule has 2 heterocycles. The van der Waals surface area contributed by atoms with Gasteiger partial charge in [0.25, 0.3) is 0 Å². The lowest BCUT2D eigenvalue weighted by molar-refractivity contribution is -0.116. The van der Waals surface area contributed by atoms with E-state index in [0.717, 1.165) is 30.9 Å². The Kier molecular flexibility index (Phi) is 5.58. The van der Waals surface area contributed by atoms with Crippen molar-refractivity contribution in [2.75, 3.05) is 23.4 Å². The number of rotatable bonds is 6. The summed E-state index contributed by atoms with van der Waals surface area (Å²) in [4.78, 5) is 15.9. The highest BCUT2D eigenvalue weighted by atomic mass is 32.1. The van der Waals surface area contributed by atoms with E-state index in [1.165, 1.54) is 16.5 Å². The molecule has 0 fully saturated rings. The SMILES string of the molecule is O=C(CCOc1ccccc1F)Nc1ccc(N2CCc3sccc3C2)cc1. The van der Waals surface area contributed by atoms with Crippen LogP contribution in [-0.4, -0.2) is 19.1 Å². The Morgan fingerprint density at radius 2 is 1.96 bits per heavy atom. The molecule has 0 atom stereocenters. The van der Waals surface area contributed by atoms with Crippen molar-refractivity contribution < 1.29 is 13.9 Å². The van der Waals surface area contributed by atoms with Gasteiger partial charge in [0, 0.05) is 29.3 Å². The standard InChI is InChI=1S/C22H21FN2O2S/c23-19-3-1-2-4-20(19)27-13-10-22(26)24-17-5-7-18(8-6-17)25-12-9-21-16(15-25)11-14-28-21/h1-8,11,14H,9-10,12-13,15H2,(H,24,26). The van der Waals surface area contributed by atoms with Gasteiger partial charge in [-0.25, -0.2) is 4.39 Å². The van der Waals surface area contributed by atoms with Crippen LogP contribution < -0.4 is 15.0 Å². The number of anilines is 2. The number of benzene rings is 2. The number of carbonyl (C=O) groups is 1. The van der Waals surface area contributed by atoms with Gasteiger partial charge in [0.2, 0.25) is 5.91 Å². The summed E-state index contributed by atoms with van der Waals surface area (Å²) in [6, 6.07) is 16.3. The van der Waals surface area contributed by atoms with Crippen molar-refractivity contribution in [2.45, 2.75) is 19.4 Å². The zero-order chi connectivity index (χ0) is 19.3. The van der Waals surface area contributed by atoms with Crippen LogP contribution in [0.15, 0.2) is 60.0 Å². The predicted octanol–water partition coefficient (Wildman–Crippen LogP) is 4.86. The van der Waals surface area contributed by atoms with Crippen LogP contribution in [0, 0.1) is 5.82 Å². The van der Waals surface area contributed by atoms with Gasteiger partial charge >= 0.3 is 0 Å². The maximum Gasteiger partial charge on any atom is 0.227 e. The molecule has 4 nitrogen and oxygen atoms in total. The van der Waals surface area contributed by atoms with E-state index in [-0.39, 0.29) is 24.7 Å². The molecular formula is C22H21FN2O2S. The lowest BCUT2D eigenvalue weighted by atomic mass is 10.1. The van der Waals surface area contributed by atoms with Crippen molar-refractivity contribution in [2.24, 2.45) is 0 Å². The van der Waals surface area contributed by atoms with Crippen LogP contribution in [0.3, 0.4) is 0 Å². The number of amides is 1. The summed E-state index contributed by atoms with van der Waals surface area (Å²) < 4.78 is 18.8. The number of nitrogens with one attached hydrogen (secondary N) is 1. The zero-order valence-electron chi connectivity index (χ0n) is 15.4. The fourth-order valence-corrected chi connectivity index (χ4v) is 4.15. The van der Waals surface area contributed by atoms with Crippen molar-refractivity contribution in [3.8, 4) is 5.75 Å². The molecule has 28 heavy (non-hydrogen) atoms. The Balaban J connectivity index is 1.27. The number of nitrogens with zero attached hydrogens (tertiary/aromatic N) is 1. The molecule has 4 rings (SSSR count). The Labute approximate surface area is 167 Å². The quantitative estimate of drug-likeness (QED) is 0.647. The second kappa shape index (κ2) is 8.44. The van der Waals surface area contributed by atoms with Crippen LogP contribution in [0.5, 0.6) is 5.75 Å². The third-order valence-corrected chi connectivity index (χ3v) is 5.77. The molecule has 0 aliphatic carbocycles. The predicted molar refractivity (Wildman–Crippen MR) is 111 cm³/mol. The average molecular weight is 396 g/mol. The Hall–Kier alpha value is -2.86. The third kappa shape index (κ3) is 4.34. The monoisotopic (exact) mass is 396 g/mol. The van der Waals surface area contributed by atoms with E-state index in [2.05, 4.69) is 21.7 Å². The lowest BCUT2D eigenvalue weighted by Gasteiger charge is -2.29. The highest BCUT2D eigenvalue weighted by Gasteiger charge is 2.17. The number of ether oxygens (including phenoxy) is 1. The summed E-state index contributed by atoms with van der Waals surface area (Å²) >= 11 is 1.83. The Morgan fingerprint density at radius 3 is 2.79 bits per heavy atom. The van der Waals surface area contributed by atoms with Crippen molar-refractivity contribution in [1.82, 2.24) is 0 Å². The molecular weight excluding hydrogens is 375 g/mol. The van der Waals surface area contributed by atoms with E-state index in [1.807, 2.05) is 35.6 Å². The minimum Gasteiger partial charge on any atom is -0.490 e. The first kappa shape index (κ1) is 18.5. The summed E-state index contributed by atoms with van der Waals surface area (Å²) in [6.07, 6.45) is 1.23. The molecule has 0 saturated carbocycles. The number of thiophene rings is 1. The molecule has 1 aromatic heterocycles. The van der Waals surface area contributed by atoms with Gasteiger partial charge in [-0.1, -0.05) is 12.1 Å². The fourth-order valence-electron chi connectivity index (χ4n) is 3.26. The lowest BCUT2D eigenvalue weighted by Crippen LogP contribution is -2.29. The number of halogens is 1. The second-order valence-corrected chi connectivity index (χ2v) is 7.67. The maximum absolute atomic E-state index is 13.5. The molecule has 2 aromatic carbocycles. The molecule has 6 heteroatoms. The molecule has 1 N–H and O–H groups in total. The largest absolute Gasteiger partial charge is 0.490 e. The average Bonchev–Trinajstić information content (AvgIpc) is 3.18. The van der Waals surface area contributed by atoms with Gasteiger partial charge in [-0.15, -0.1) is 11.3 Å². The second-order valence-electron chi connectivity index (χ2n) is 6.66. The molecule has 144 valence electrons. The van der Waals surface area contributed by atoms with E-state index < -0.39 is 5.82 Å². The van der Waals surface area contributed by atoms with Crippen LogP contribution in [-0.2, 0) is 17.8 Å². The molecule has 0 spiro atoms. The van der Waals surface area contributed by atoms with E-state index in [1.54, 1.807) is 18.2 Å². The molecule has 0 unspecified atom stereocenters. The van der Waals surface area contributed by atoms with E-state index in [4.69, 9.17) is 4.74 Å². The normalized spacial score (nSPS) is 13.1. The van der Waals surface area contributed by atoms with Crippen LogP contribution in [0.2, 0.25) is 0 Å². The Morgan fingerprint density at radius 1 is 1.14 bits per heavy atom. The number of fused-ring (bicyclic) bond motifs is 1. The van der Waals surface area contributed by atoms with Crippen molar-refractivity contribution in [3.63, 3.8) is 0 Å². The number of hydrogen-bond donors (Lipinski definition) is 1. The first-order chi connectivity index (χ1) is 13.7. The molecule has 0 saturated heterocycles. The van der Waals surface area contributed by atoms with Gasteiger partial charge in [0.05, 0.1) is 13.0 Å². The van der Waals surface area contributed by atoms with Crippen LogP contribution in [0.4, 0.5) is 15.8 Å². The van der Waals surface area contributed by atoms with E-state index >= 15 is 0 Å². The van der Waals surface area contributed by atoms with Crippen LogP contribution >= 0.6 is 11.3 Å². The maximum atomic E-state index is 13.5. The summed E-state index contributed by atoms with van der Waals surface area (Å²) in [7, 11) is 0. The first-order valence-corrected chi connectivity index (χ1v) is 10.1. The molecule has 1 aliphatic heterocycles. The van der Waals surface area contributed by atoms with Crippen LogP contribution in [0.1, 0.15) is 16.9 Å². The third-order valence-electron chi connectivity index (χ3n) is 4.75. The Bertz CT molecular complexity index is 955. The van der Waals surface area contributed by atoms with Gasteiger partial charge in [-0.05, 0) is 59.8 Å². The van der Waals surface area contributed by atoms with Gasteiger partial charge in [-0.2, -0.15) is 0 Å². The molecule has 1 amide bonds. The highest BCUT2D eigenvalue weighted by molar-refractivity contribution is 7.10. The van der Waals surface area contributed by atoms with Gasteiger partial charge < -0.3 is 15.0 Å².